The van der Waals surface area contributed by atoms with E-state index >= 15 is 0 Å². The molecule has 2 aromatic heterocycles. The fourth-order valence-electron chi connectivity index (χ4n) is 7.68. The van der Waals surface area contributed by atoms with Crippen LogP contribution in [0.5, 0.6) is 11.5 Å². The Labute approximate surface area is 274 Å². The van der Waals surface area contributed by atoms with Gasteiger partial charge in [0.1, 0.15) is 24.8 Å². The molecule has 6 rings (SSSR count). The number of hydrogen-bond acceptors (Lipinski definition) is 4. The number of likely N-dealkylation sites (N-methyl/N-ethyl adjacent to an activating group) is 1. The smallest absolute Gasteiger partial charge is 0.230 e. The number of ether oxygens (including phenoxy) is 2. The second-order valence-electron chi connectivity index (χ2n) is 11.8. The number of fused-ring (bicyclic) bond motifs is 6. The van der Waals surface area contributed by atoms with Gasteiger partial charge in [0.2, 0.25) is 11.1 Å². The quantitative estimate of drug-likeness (QED) is 0.164. The number of amides is 1. The van der Waals surface area contributed by atoms with E-state index in [1.807, 2.05) is 59.7 Å². The maximum atomic E-state index is 13.2. The lowest BCUT2D eigenvalue weighted by Gasteiger charge is -2.29. The topological polar surface area (TPSA) is 65.7 Å². The maximum Gasteiger partial charge on any atom is 0.230 e. The number of nitrogens with zero attached hydrogens (tertiary/aromatic N) is 3. The predicted octanol–water partition coefficient (Wildman–Crippen LogP) is 7.71. The second kappa shape index (κ2) is 14.9. The SMILES string of the molecule is CCN(CC)C(=O)C1CCCc2c1c1c(OC)cccc1n2CCF.COc1cccc2c1c1c(n2CCF)CCCC1C(=O)Cl. The Morgan fingerprint density at radius 1 is 0.804 bits per heavy atom. The van der Waals surface area contributed by atoms with Crippen molar-refractivity contribution in [2.24, 2.45) is 0 Å². The van der Waals surface area contributed by atoms with Crippen LogP contribution in [0.4, 0.5) is 8.78 Å². The highest BCUT2D eigenvalue weighted by Crippen LogP contribution is 2.45. The lowest BCUT2D eigenvalue weighted by atomic mass is 9.84. The van der Waals surface area contributed by atoms with E-state index in [0.717, 1.165) is 88.6 Å². The first-order valence-electron chi connectivity index (χ1n) is 16.3. The van der Waals surface area contributed by atoms with Crippen molar-refractivity contribution in [3.63, 3.8) is 0 Å². The Morgan fingerprint density at radius 3 is 1.67 bits per heavy atom. The van der Waals surface area contributed by atoms with Gasteiger partial charge in [-0.1, -0.05) is 12.1 Å². The molecule has 2 heterocycles. The molecule has 1 amide bonds. The highest BCUT2D eigenvalue weighted by atomic mass is 35.5. The van der Waals surface area contributed by atoms with E-state index < -0.39 is 13.3 Å². The molecule has 7 nitrogen and oxygen atoms in total. The third-order valence-corrected chi connectivity index (χ3v) is 9.88. The van der Waals surface area contributed by atoms with Gasteiger partial charge < -0.3 is 23.5 Å². The number of carbonyl (C=O) groups excluding carboxylic acids is 2. The Kier molecular flexibility index (Phi) is 10.9. The Bertz CT molecular complexity index is 1710. The van der Waals surface area contributed by atoms with Crippen molar-refractivity contribution in [3.05, 3.63) is 58.9 Å². The van der Waals surface area contributed by atoms with E-state index in [1.54, 1.807) is 14.2 Å². The third kappa shape index (κ3) is 5.98. The largest absolute Gasteiger partial charge is 0.496 e. The summed E-state index contributed by atoms with van der Waals surface area (Å²) in [4.78, 5) is 26.8. The van der Waals surface area contributed by atoms with Crippen LogP contribution in [0.1, 0.15) is 73.9 Å². The molecule has 248 valence electrons. The van der Waals surface area contributed by atoms with Crippen LogP contribution in [0.3, 0.4) is 0 Å². The Morgan fingerprint density at radius 2 is 1.26 bits per heavy atom. The summed E-state index contributed by atoms with van der Waals surface area (Å²) in [6, 6.07) is 11.6. The summed E-state index contributed by atoms with van der Waals surface area (Å²) in [6.45, 7) is 5.21. The van der Waals surface area contributed by atoms with Gasteiger partial charge in [0.25, 0.3) is 0 Å². The number of methoxy groups -OCH3 is 2. The average Bonchev–Trinajstić information content (AvgIpc) is 3.58. The summed E-state index contributed by atoms with van der Waals surface area (Å²) in [5, 5.41) is 1.54. The predicted molar refractivity (Wildman–Crippen MR) is 179 cm³/mol. The van der Waals surface area contributed by atoms with Crippen LogP contribution in [0.15, 0.2) is 36.4 Å². The summed E-state index contributed by atoms with van der Waals surface area (Å²) in [6.07, 6.45) is 5.15. The van der Waals surface area contributed by atoms with E-state index in [2.05, 4.69) is 4.57 Å². The van der Waals surface area contributed by atoms with Crippen molar-refractivity contribution >= 4 is 44.6 Å². The van der Waals surface area contributed by atoms with Gasteiger partial charge in [-0.15, -0.1) is 0 Å². The van der Waals surface area contributed by atoms with Crippen molar-refractivity contribution in [1.29, 1.82) is 0 Å². The van der Waals surface area contributed by atoms with Gasteiger partial charge in [0, 0.05) is 35.2 Å². The fourth-order valence-corrected chi connectivity index (χ4v) is 7.89. The van der Waals surface area contributed by atoms with Crippen molar-refractivity contribution in [2.75, 3.05) is 40.7 Å². The highest BCUT2D eigenvalue weighted by Gasteiger charge is 2.35. The number of halogens is 3. The summed E-state index contributed by atoms with van der Waals surface area (Å²) in [7, 11) is 3.26. The number of rotatable bonds is 10. The zero-order valence-electron chi connectivity index (χ0n) is 27.2. The van der Waals surface area contributed by atoms with Crippen molar-refractivity contribution < 1.29 is 27.8 Å². The molecule has 0 saturated heterocycles. The summed E-state index contributed by atoms with van der Waals surface area (Å²) in [5.74, 6) is 1.17. The molecule has 4 aromatic rings. The van der Waals surface area contributed by atoms with E-state index in [0.29, 0.717) is 31.9 Å². The number of hydrogen-bond donors (Lipinski definition) is 0. The van der Waals surface area contributed by atoms with Gasteiger partial charge in [0.05, 0.1) is 50.2 Å². The van der Waals surface area contributed by atoms with Crippen LogP contribution in [0.25, 0.3) is 21.8 Å². The first-order chi connectivity index (χ1) is 22.4. The molecule has 0 aliphatic heterocycles. The summed E-state index contributed by atoms with van der Waals surface area (Å²) >= 11 is 5.80. The molecule has 0 fully saturated rings. The number of aryl methyl sites for hydroxylation is 2. The fraction of sp³-hybridized carbons (Fsp3) is 0.500. The summed E-state index contributed by atoms with van der Waals surface area (Å²) in [5.41, 5.74) is 6.01. The third-order valence-electron chi connectivity index (χ3n) is 9.62. The zero-order valence-corrected chi connectivity index (χ0v) is 28.0. The van der Waals surface area contributed by atoms with Crippen LogP contribution >= 0.6 is 11.6 Å². The monoisotopic (exact) mass is 655 g/mol. The normalized spacial score (nSPS) is 17.2. The van der Waals surface area contributed by atoms with Crippen molar-refractivity contribution in [1.82, 2.24) is 14.0 Å². The minimum Gasteiger partial charge on any atom is -0.496 e. The molecule has 0 radical (unpaired) electrons. The molecule has 2 aliphatic carbocycles. The maximum absolute atomic E-state index is 13.2. The standard InChI is InChI=1S/C20H27FN2O2.C16H17ClFNO2/c1-4-22(5-2)20(24)14-8-6-9-15-18(14)19-16(23(15)13-12-21)10-7-11-17(19)25-3;1-21-13-7-3-6-12-15(13)14-10(16(17)20)4-2-5-11(14)19(12)9-8-18/h7,10-11,14H,4-6,8-9,12-13H2,1-3H3;3,6-7,10H,2,4-5,8-9H2,1H3. The molecule has 0 saturated carbocycles. The van der Waals surface area contributed by atoms with Crippen molar-refractivity contribution in [3.8, 4) is 11.5 Å². The molecule has 46 heavy (non-hydrogen) atoms. The first-order valence-corrected chi connectivity index (χ1v) is 16.7. The lowest BCUT2D eigenvalue weighted by Crippen LogP contribution is -2.36. The minimum absolute atomic E-state index is 0.164. The molecule has 2 atom stereocenters. The summed E-state index contributed by atoms with van der Waals surface area (Å²) < 4.78 is 41.2. The number of alkyl halides is 2. The number of aromatic nitrogens is 2. The van der Waals surface area contributed by atoms with Gasteiger partial charge in [0.15, 0.2) is 0 Å². The molecule has 0 bridgehead atoms. The lowest BCUT2D eigenvalue weighted by molar-refractivity contribution is -0.132. The number of carbonyl (C=O) groups is 2. The molecule has 2 aromatic carbocycles. The van der Waals surface area contributed by atoms with Crippen LogP contribution < -0.4 is 9.47 Å². The van der Waals surface area contributed by atoms with Crippen LogP contribution in [0.2, 0.25) is 0 Å². The Balaban J connectivity index is 0.000000184. The van der Waals surface area contributed by atoms with Gasteiger partial charge in [-0.25, -0.2) is 8.78 Å². The molecule has 0 N–H and O–H groups in total. The second-order valence-corrected chi connectivity index (χ2v) is 12.2. The van der Waals surface area contributed by atoms with E-state index in [-0.39, 0.29) is 23.0 Å². The molecular formula is C36H44ClF2N3O4. The molecule has 10 heteroatoms. The van der Waals surface area contributed by atoms with Crippen LogP contribution in [-0.4, -0.2) is 65.8 Å². The number of benzene rings is 2. The zero-order chi connectivity index (χ0) is 33.0. The van der Waals surface area contributed by atoms with Crippen LogP contribution in [0, 0.1) is 0 Å². The van der Waals surface area contributed by atoms with Gasteiger partial charge >= 0.3 is 0 Å². The van der Waals surface area contributed by atoms with Crippen molar-refractivity contribution in [2.45, 2.75) is 77.3 Å². The van der Waals surface area contributed by atoms with E-state index in [4.69, 9.17) is 21.1 Å². The molecular weight excluding hydrogens is 612 g/mol. The van der Waals surface area contributed by atoms with Gasteiger partial charge in [-0.2, -0.15) is 0 Å². The Hall–Kier alpha value is -3.59. The van der Waals surface area contributed by atoms with E-state index in [1.165, 1.54) is 0 Å². The first kappa shape index (κ1) is 33.8. The minimum atomic E-state index is -0.438. The average molecular weight is 656 g/mol. The van der Waals surface area contributed by atoms with E-state index in [9.17, 15) is 18.4 Å². The van der Waals surface area contributed by atoms with Gasteiger partial charge in [-0.3, -0.25) is 9.59 Å². The van der Waals surface area contributed by atoms with Gasteiger partial charge in [-0.05, 0) is 99.4 Å². The molecule has 0 spiro atoms. The highest BCUT2D eigenvalue weighted by molar-refractivity contribution is 6.64. The molecule has 2 unspecified atom stereocenters. The molecule has 2 aliphatic rings. The van der Waals surface area contributed by atoms with Crippen LogP contribution in [-0.2, 0) is 35.5 Å².